The van der Waals surface area contributed by atoms with Crippen LogP contribution in [0.2, 0.25) is 0 Å². The number of ether oxygens (including phenoxy) is 2. The molecule has 1 aromatic heterocycles. The Morgan fingerprint density at radius 2 is 1.67 bits per heavy atom. The summed E-state index contributed by atoms with van der Waals surface area (Å²) in [7, 11) is 6.00. The van der Waals surface area contributed by atoms with Crippen molar-refractivity contribution in [3.8, 4) is 11.5 Å². The summed E-state index contributed by atoms with van der Waals surface area (Å²) in [6.45, 7) is 1.98. The number of hydrogen-bond acceptors (Lipinski definition) is 7. The van der Waals surface area contributed by atoms with E-state index < -0.39 is 8.38 Å². The molecule has 148 valence electrons. The van der Waals surface area contributed by atoms with Gasteiger partial charge < -0.3 is 23.4 Å². The fraction of sp³-hybridized carbons (Fsp3) is 0.579. The number of piperidine rings is 1. The van der Waals surface area contributed by atoms with Crippen LogP contribution in [-0.2, 0) is 9.05 Å². The number of rotatable bonds is 8. The summed E-state index contributed by atoms with van der Waals surface area (Å²) in [6.07, 6.45) is 6.07. The molecule has 0 spiro atoms. The molecule has 0 unspecified atom stereocenters. The first-order valence-electron chi connectivity index (χ1n) is 9.17. The Labute approximate surface area is 161 Å². The van der Waals surface area contributed by atoms with Crippen molar-refractivity contribution in [3.63, 3.8) is 0 Å². The van der Waals surface area contributed by atoms with Gasteiger partial charge in [-0.05, 0) is 31.2 Å². The minimum atomic E-state index is -0.730. The first kappa shape index (κ1) is 20.1. The molecule has 2 heterocycles. The molecule has 1 saturated heterocycles. The molecule has 0 N–H and O–H groups in total. The molecule has 0 bridgehead atoms. The molecule has 8 heteroatoms. The van der Waals surface area contributed by atoms with Gasteiger partial charge in [-0.25, -0.2) is 9.97 Å². The van der Waals surface area contributed by atoms with Gasteiger partial charge >= 0.3 is 0 Å². The Kier molecular flexibility index (Phi) is 7.05. The predicted molar refractivity (Wildman–Crippen MR) is 108 cm³/mol. The Balaban J connectivity index is 1.71. The van der Waals surface area contributed by atoms with Gasteiger partial charge in [0.05, 0.1) is 19.7 Å². The minimum Gasteiger partial charge on any atom is -0.493 e. The molecule has 1 fully saturated rings. The third-order valence-corrected chi connectivity index (χ3v) is 6.60. The van der Waals surface area contributed by atoms with Gasteiger partial charge in [-0.1, -0.05) is 0 Å². The van der Waals surface area contributed by atoms with Crippen LogP contribution in [0.1, 0.15) is 19.3 Å². The van der Waals surface area contributed by atoms with Crippen LogP contribution in [0.3, 0.4) is 0 Å². The summed E-state index contributed by atoms with van der Waals surface area (Å²) >= 11 is 0. The second kappa shape index (κ2) is 9.49. The average molecular weight is 393 g/mol. The normalized spacial score (nSPS) is 15.5. The molecule has 27 heavy (non-hydrogen) atoms. The molecular formula is C19H28N3O4P. The zero-order valence-electron chi connectivity index (χ0n) is 16.5. The Bertz CT molecular complexity index is 749. The van der Waals surface area contributed by atoms with E-state index in [4.69, 9.17) is 18.5 Å². The van der Waals surface area contributed by atoms with E-state index in [1.54, 1.807) is 34.8 Å². The minimum absolute atomic E-state index is 0.682. The van der Waals surface area contributed by atoms with Crippen molar-refractivity contribution < 1.29 is 18.5 Å². The molecule has 0 atom stereocenters. The lowest BCUT2D eigenvalue weighted by Gasteiger charge is -2.33. The highest BCUT2D eigenvalue weighted by Gasteiger charge is 2.23. The maximum atomic E-state index is 5.46. The molecule has 1 aliphatic rings. The molecule has 0 aliphatic carbocycles. The summed E-state index contributed by atoms with van der Waals surface area (Å²) < 4.78 is 21.6. The van der Waals surface area contributed by atoms with Crippen LogP contribution in [-0.4, -0.2) is 57.7 Å². The van der Waals surface area contributed by atoms with Crippen molar-refractivity contribution in [2.75, 3.05) is 52.6 Å². The van der Waals surface area contributed by atoms with E-state index in [1.165, 1.54) is 0 Å². The Morgan fingerprint density at radius 3 is 2.30 bits per heavy atom. The number of hydrogen-bond donors (Lipinski definition) is 0. The number of methoxy groups -OCH3 is 2. The van der Waals surface area contributed by atoms with Crippen molar-refractivity contribution in [2.45, 2.75) is 19.3 Å². The fourth-order valence-corrected chi connectivity index (χ4v) is 4.69. The van der Waals surface area contributed by atoms with Gasteiger partial charge in [-0.15, -0.1) is 0 Å². The van der Waals surface area contributed by atoms with Crippen LogP contribution in [0.15, 0.2) is 18.5 Å². The highest BCUT2D eigenvalue weighted by molar-refractivity contribution is 7.47. The Hall–Kier alpha value is -1.69. The largest absolute Gasteiger partial charge is 0.493 e. The van der Waals surface area contributed by atoms with Gasteiger partial charge in [0.2, 0.25) is 0 Å². The SMILES string of the molecule is COc1cc2ncnc(N3CCC(CCP(OC)OC)CC3)c2cc1OC. The first-order valence-corrected chi connectivity index (χ1v) is 10.5. The van der Waals surface area contributed by atoms with E-state index in [1.807, 2.05) is 12.1 Å². The fourth-order valence-electron chi connectivity index (χ4n) is 3.60. The van der Waals surface area contributed by atoms with Crippen LogP contribution in [0.4, 0.5) is 5.82 Å². The zero-order valence-corrected chi connectivity index (χ0v) is 17.4. The van der Waals surface area contributed by atoms with E-state index in [-0.39, 0.29) is 0 Å². The second-order valence-electron chi connectivity index (χ2n) is 6.56. The lowest BCUT2D eigenvalue weighted by molar-refractivity contribution is 0.330. The summed E-state index contributed by atoms with van der Waals surface area (Å²) in [4.78, 5) is 11.3. The maximum Gasteiger partial charge on any atom is 0.169 e. The van der Waals surface area contributed by atoms with E-state index in [0.717, 1.165) is 55.2 Å². The van der Waals surface area contributed by atoms with Crippen LogP contribution in [0, 0.1) is 5.92 Å². The van der Waals surface area contributed by atoms with Crippen LogP contribution in [0.5, 0.6) is 11.5 Å². The summed E-state index contributed by atoms with van der Waals surface area (Å²) in [5, 5.41) is 0.996. The lowest BCUT2D eigenvalue weighted by Crippen LogP contribution is -2.34. The maximum absolute atomic E-state index is 5.46. The molecule has 7 nitrogen and oxygen atoms in total. The average Bonchev–Trinajstić information content (AvgIpc) is 2.73. The van der Waals surface area contributed by atoms with E-state index in [0.29, 0.717) is 17.4 Å². The quantitative estimate of drug-likeness (QED) is 0.631. The first-order chi connectivity index (χ1) is 13.2. The monoisotopic (exact) mass is 393 g/mol. The van der Waals surface area contributed by atoms with Gasteiger partial charge in [0.15, 0.2) is 19.9 Å². The molecule has 0 saturated carbocycles. The number of aromatic nitrogens is 2. The Morgan fingerprint density at radius 1 is 1.00 bits per heavy atom. The van der Waals surface area contributed by atoms with Gasteiger partial charge in [-0.2, -0.15) is 0 Å². The van der Waals surface area contributed by atoms with Crippen molar-refractivity contribution >= 4 is 25.1 Å². The number of anilines is 1. The number of benzene rings is 1. The van der Waals surface area contributed by atoms with Crippen LogP contribution >= 0.6 is 8.38 Å². The lowest BCUT2D eigenvalue weighted by atomic mass is 9.94. The van der Waals surface area contributed by atoms with Crippen molar-refractivity contribution in [3.05, 3.63) is 18.5 Å². The third-order valence-electron chi connectivity index (χ3n) is 5.16. The molecule has 0 amide bonds. The second-order valence-corrected chi connectivity index (χ2v) is 8.41. The topological polar surface area (TPSA) is 65.9 Å². The molecule has 2 aromatic rings. The molecular weight excluding hydrogens is 365 g/mol. The van der Waals surface area contributed by atoms with Gasteiger partial charge in [-0.3, -0.25) is 0 Å². The standard InChI is InChI=1S/C19H28N3O4P/c1-23-17-11-15-16(12-18(17)24-2)20-13-21-19(15)22-8-5-14(6-9-22)7-10-27(25-3)26-4/h11-14H,5-10H2,1-4H3. The zero-order chi connectivity index (χ0) is 19.2. The molecule has 0 radical (unpaired) electrons. The highest BCUT2D eigenvalue weighted by atomic mass is 31.2. The van der Waals surface area contributed by atoms with Gasteiger partial charge in [0, 0.05) is 44.9 Å². The smallest absolute Gasteiger partial charge is 0.169 e. The summed E-state index contributed by atoms with van der Waals surface area (Å²) in [6, 6.07) is 3.88. The van der Waals surface area contributed by atoms with Crippen LogP contribution in [0.25, 0.3) is 10.9 Å². The molecule has 1 aliphatic heterocycles. The van der Waals surface area contributed by atoms with Crippen molar-refractivity contribution in [2.24, 2.45) is 5.92 Å². The molecule has 3 rings (SSSR count). The van der Waals surface area contributed by atoms with E-state index >= 15 is 0 Å². The number of fused-ring (bicyclic) bond motifs is 1. The number of nitrogens with zero attached hydrogens (tertiary/aromatic N) is 3. The highest BCUT2D eigenvalue weighted by Crippen LogP contribution is 2.40. The van der Waals surface area contributed by atoms with Crippen LogP contribution < -0.4 is 14.4 Å². The van der Waals surface area contributed by atoms with E-state index in [9.17, 15) is 0 Å². The van der Waals surface area contributed by atoms with Crippen molar-refractivity contribution in [1.29, 1.82) is 0 Å². The predicted octanol–water partition coefficient (Wildman–Crippen LogP) is 3.86. The summed E-state index contributed by atoms with van der Waals surface area (Å²) in [5.41, 5.74) is 0.866. The third kappa shape index (κ3) is 4.60. The summed E-state index contributed by atoms with van der Waals surface area (Å²) in [5.74, 6) is 3.05. The van der Waals surface area contributed by atoms with Gasteiger partial charge in [0.1, 0.15) is 12.1 Å². The van der Waals surface area contributed by atoms with Crippen molar-refractivity contribution in [1.82, 2.24) is 9.97 Å². The van der Waals surface area contributed by atoms with E-state index in [2.05, 4.69) is 14.9 Å². The molecule has 1 aromatic carbocycles. The van der Waals surface area contributed by atoms with Gasteiger partial charge in [0.25, 0.3) is 0 Å².